The van der Waals surface area contributed by atoms with Crippen molar-refractivity contribution in [3.63, 3.8) is 0 Å². The summed E-state index contributed by atoms with van der Waals surface area (Å²) in [5, 5.41) is 9.46. The van der Waals surface area contributed by atoms with E-state index >= 15 is 0 Å². The minimum atomic E-state index is -0.873. The highest BCUT2D eigenvalue weighted by atomic mass is 16.6. The number of fused-ring (bicyclic) bond motifs is 1. The molecule has 0 fully saturated rings. The van der Waals surface area contributed by atoms with Crippen LogP contribution in [-0.2, 0) is 0 Å². The van der Waals surface area contributed by atoms with Gasteiger partial charge in [0.1, 0.15) is 5.75 Å². The molecule has 0 radical (unpaired) electrons. The lowest BCUT2D eigenvalue weighted by molar-refractivity contribution is -0.00186. The van der Waals surface area contributed by atoms with Crippen molar-refractivity contribution in [1.29, 1.82) is 0 Å². The van der Waals surface area contributed by atoms with Crippen molar-refractivity contribution < 1.29 is 9.84 Å². The highest BCUT2D eigenvalue weighted by Gasteiger charge is 2.27. The van der Waals surface area contributed by atoms with E-state index in [1.165, 1.54) is 0 Å². The molecule has 1 aliphatic rings. The van der Waals surface area contributed by atoms with Gasteiger partial charge in [0.25, 0.3) is 6.41 Å². The second-order valence-corrected chi connectivity index (χ2v) is 2.96. The lowest BCUT2D eigenvalue weighted by Crippen LogP contribution is -2.33. The first-order valence-corrected chi connectivity index (χ1v) is 4.23. The molecule has 2 rings (SSSR count). The Morgan fingerprint density at radius 1 is 1.62 bits per heavy atom. The Morgan fingerprint density at radius 2 is 2.38 bits per heavy atom. The Kier molecular flexibility index (Phi) is 1.77. The van der Waals surface area contributed by atoms with E-state index in [4.69, 9.17) is 10.5 Å². The van der Waals surface area contributed by atoms with Gasteiger partial charge in [-0.05, 0) is 19.1 Å². The number of nitrogens with zero attached hydrogens (tertiary/aromatic N) is 1. The maximum Gasteiger partial charge on any atom is 0.281 e. The zero-order valence-electron chi connectivity index (χ0n) is 7.40. The zero-order chi connectivity index (χ0) is 9.42. The van der Waals surface area contributed by atoms with E-state index in [0.717, 1.165) is 5.69 Å². The molecule has 1 heterocycles. The number of benzene rings is 1. The van der Waals surface area contributed by atoms with E-state index in [1.54, 1.807) is 17.0 Å². The third-order valence-electron chi connectivity index (χ3n) is 2.13. The molecule has 0 aromatic heterocycles. The Labute approximate surface area is 76.5 Å². The van der Waals surface area contributed by atoms with Gasteiger partial charge in [0, 0.05) is 18.3 Å². The monoisotopic (exact) mass is 180 g/mol. The molecule has 0 aliphatic carbocycles. The standard InChI is InChI=1S/C9H12N2O2/c1-2-11-7-4-3-6(10)5-8(7)13-9(11)12/h3-5,9,12H,2,10H2,1H3. The Bertz CT molecular complexity index is 327. The van der Waals surface area contributed by atoms with Gasteiger partial charge >= 0.3 is 0 Å². The number of ether oxygens (including phenoxy) is 1. The number of hydrogen-bond acceptors (Lipinski definition) is 4. The summed E-state index contributed by atoms with van der Waals surface area (Å²) in [6.07, 6.45) is -0.873. The maximum absolute atomic E-state index is 9.46. The topological polar surface area (TPSA) is 58.7 Å². The summed E-state index contributed by atoms with van der Waals surface area (Å²) >= 11 is 0. The summed E-state index contributed by atoms with van der Waals surface area (Å²) in [6, 6.07) is 5.36. The second-order valence-electron chi connectivity index (χ2n) is 2.96. The summed E-state index contributed by atoms with van der Waals surface area (Å²) in [5.41, 5.74) is 7.12. The number of nitrogen functional groups attached to an aromatic ring is 1. The van der Waals surface area contributed by atoms with Gasteiger partial charge in [-0.2, -0.15) is 0 Å². The van der Waals surface area contributed by atoms with Crippen LogP contribution in [0.25, 0.3) is 0 Å². The highest BCUT2D eigenvalue weighted by molar-refractivity contribution is 5.66. The van der Waals surface area contributed by atoms with Crippen LogP contribution in [0, 0.1) is 0 Å². The van der Waals surface area contributed by atoms with Gasteiger partial charge in [0.2, 0.25) is 0 Å². The molecule has 0 saturated carbocycles. The summed E-state index contributed by atoms with van der Waals surface area (Å²) < 4.78 is 5.19. The number of anilines is 2. The molecule has 0 bridgehead atoms. The van der Waals surface area contributed by atoms with Crippen molar-refractivity contribution in [2.75, 3.05) is 17.2 Å². The van der Waals surface area contributed by atoms with Crippen LogP contribution in [0.4, 0.5) is 11.4 Å². The van der Waals surface area contributed by atoms with Gasteiger partial charge in [0.15, 0.2) is 0 Å². The smallest absolute Gasteiger partial charge is 0.281 e. The zero-order valence-corrected chi connectivity index (χ0v) is 7.40. The quantitative estimate of drug-likeness (QED) is 0.626. The van der Waals surface area contributed by atoms with Gasteiger partial charge in [-0.1, -0.05) is 0 Å². The molecule has 1 aliphatic heterocycles. The van der Waals surface area contributed by atoms with Crippen LogP contribution < -0.4 is 15.4 Å². The molecule has 4 nitrogen and oxygen atoms in total. The fraction of sp³-hybridized carbons (Fsp3) is 0.333. The first-order valence-electron chi connectivity index (χ1n) is 4.23. The maximum atomic E-state index is 9.46. The highest BCUT2D eigenvalue weighted by Crippen LogP contribution is 2.37. The minimum Gasteiger partial charge on any atom is -0.444 e. The first-order chi connectivity index (χ1) is 6.22. The molecular formula is C9H12N2O2. The van der Waals surface area contributed by atoms with Gasteiger partial charge in [0.05, 0.1) is 5.69 Å². The number of aliphatic hydroxyl groups is 1. The molecule has 1 aromatic rings. The second kappa shape index (κ2) is 2.81. The van der Waals surface area contributed by atoms with E-state index in [2.05, 4.69) is 0 Å². The molecule has 0 spiro atoms. The van der Waals surface area contributed by atoms with E-state index in [-0.39, 0.29) is 0 Å². The fourth-order valence-corrected chi connectivity index (χ4v) is 1.49. The molecule has 4 heteroatoms. The normalized spacial score (nSPS) is 19.8. The molecule has 0 amide bonds. The van der Waals surface area contributed by atoms with Crippen LogP contribution in [0.1, 0.15) is 6.92 Å². The van der Waals surface area contributed by atoms with Crippen molar-refractivity contribution in [1.82, 2.24) is 0 Å². The van der Waals surface area contributed by atoms with Gasteiger partial charge in [-0.15, -0.1) is 0 Å². The third-order valence-corrected chi connectivity index (χ3v) is 2.13. The summed E-state index contributed by atoms with van der Waals surface area (Å²) in [6.45, 7) is 2.66. The average Bonchev–Trinajstić information content (AvgIpc) is 2.39. The van der Waals surface area contributed by atoms with E-state index < -0.39 is 6.41 Å². The predicted octanol–water partition coefficient (Wildman–Crippen LogP) is 0.763. The van der Waals surface area contributed by atoms with E-state index in [9.17, 15) is 5.11 Å². The largest absolute Gasteiger partial charge is 0.444 e. The molecule has 1 atom stereocenters. The lowest BCUT2D eigenvalue weighted by atomic mass is 10.2. The van der Waals surface area contributed by atoms with E-state index in [0.29, 0.717) is 18.0 Å². The number of aliphatic hydroxyl groups excluding tert-OH is 1. The molecule has 1 aromatic carbocycles. The van der Waals surface area contributed by atoms with Crippen molar-refractivity contribution in [2.45, 2.75) is 13.3 Å². The first kappa shape index (κ1) is 8.19. The summed E-state index contributed by atoms with van der Waals surface area (Å²) in [4.78, 5) is 1.76. The van der Waals surface area contributed by atoms with Crippen LogP contribution >= 0.6 is 0 Å². The van der Waals surface area contributed by atoms with Crippen LogP contribution in [0.15, 0.2) is 18.2 Å². The van der Waals surface area contributed by atoms with E-state index in [1.807, 2.05) is 13.0 Å². The number of nitrogens with two attached hydrogens (primary N) is 1. The van der Waals surface area contributed by atoms with Crippen molar-refractivity contribution in [2.24, 2.45) is 0 Å². The van der Waals surface area contributed by atoms with Gasteiger partial charge < -0.3 is 20.5 Å². The fourth-order valence-electron chi connectivity index (χ4n) is 1.49. The molecule has 0 saturated heterocycles. The van der Waals surface area contributed by atoms with Crippen LogP contribution in [0.2, 0.25) is 0 Å². The van der Waals surface area contributed by atoms with Crippen molar-refractivity contribution in [3.8, 4) is 5.75 Å². The van der Waals surface area contributed by atoms with Crippen LogP contribution in [0.5, 0.6) is 5.75 Å². The summed E-state index contributed by atoms with van der Waals surface area (Å²) in [5.74, 6) is 0.648. The Hall–Kier alpha value is -1.42. The van der Waals surface area contributed by atoms with Crippen LogP contribution in [-0.4, -0.2) is 18.1 Å². The lowest BCUT2D eigenvalue weighted by Gasteiger charge is -2.17. The van der Waals surface area contributed by atoms with Crippen molar-refractivity contribution >= 4 is 11.4 Å². The average molecular weight is 180 g/mol. The molecular weight excluding hydrogens is 168 g/mol. The summed E-state index contributed by atoms with van der Waals surface area (Å²) in [7, 11) is 0. The Balaban J connectivity index is 2.42. The predicted molar refractivity (Wildman–Crippen MR) is 50.5 cm³/mol. The van der Waals surface area contributed by atoms with Gasteiger partial charge in [-0.25, -0.2) is 0 Å². The Morgan fingerprint density at radius 3 is 3.08 bits per heavy atom. The number of rotatable bonds is 1. The molecule has 70 valence electrons. The van der Waals surface area contributed by atoms with Gasteiger partial charge in [-0.3, -0.25) is 0 Å². The minimum absolute atomic E-state index is 0.643. The van der Waals surface area contributed by atoms with Crippen LogP contribution in [0.3, 0.4) is 0 Å². The van der Waals surface area contributed by atoms with Crippen molar-refractivity contribution in [3.05, 3.63) is 18.2 Å². The number of hydrogen-bond donors (Lipinski definition) is 2. The molecule has 3 N–H and O–H groups in total. The SMILES string of the molecule is CCN1c2ccc(N)cc2OC1O. The molecule has 13 heavy (non-hydrogen) atoms. The third kappa shape index (κ3) is 1.19. The molecule has 1 unspecified atom stereocenters.